The molecule has 2 atom stereocenters. The van der Waals surface area contributed by atoms with Crippen LogP contribution in [0.3, 0.4) is 0 Å². The third-order valence-electron chi connectivity index (χ3n) is 6.10. The summed E-state index contributed by atoms with van der Waals surface area (Å²) in [4.78, 5) is 13.6. The molecule has 4 nitrogen and oxygen atoms in total. The van der Waals surface area contributed by atoms with Crippen LogP contribution in [-0.4, -0.2) is 12.9 Å². The van der Waals surface area contributed by atoms with Crippen LogP contribution in [0.15, 0.2) is 84.1 Å². The van der Waals surface area contributed by atoms with Crippen LogP contribution < -0.4 is 15.4 Å². The molecule has 0 amide bonds. The van der Waals surface area contributed by atoms with Crippen LogP contribution in [-0.2, 0) is 4.79 Å². The van der Waals surface area contributed by atoms with Gasteiger partial charge >= 0.3 is 0 Å². The van der Waals surface area contributed by atoms with Gasteiger partial charge in [-0.1, -0.05) is 54.1 Å². The van der Waals surface area contributed by atoms with E-state index in [4.69, 9.17) is 16.3 Å². The second kappa shape index (κ2) is 8.12. The number of ketones is 1. The minimum atomic E-state index is -0.291. The first-order valence-corrected chi connectivity index (χ1v) is 10.8. The van der Waals surface area contributed by atoms with Crippen molar-refractivity contribution in [2.75, 3.05) is 17.7 Å². The molecule has 0 saturated carbocycles. The molecule has 3 aromatic carbocycles. The van der Waals surface area contributed by atoms with Crippen molar-refractivity contribution in [2.45, 2.75) is 24.8 Å². The van der Waals surface area contributed by atoms with Gasteiger partial charge in [0.2, 0.25) is 0 Å². The fourth-order valence-corrected chi connectivity index (χ4v) is 4.73. The molecule has 0 fully saturated rings. The van der Waals surface area contributed by atoms with E-state index in [1.54, 1.807) is 7.11 Å². The molecule has 31 heavy (non-hydrogen) atoms. The molecule has 1 heterocycles. The molecular formula is C26H23ClN2O2. The van der Waals surface area contributed by atoms with Crippen LogP contribution >= 0.6 is 11.6 Å². The van der Waals surface area contributed by atoms with Crippen LogP contribution in [0.4, 0.5) is 11.4 Å². The summed E-state index contributed by atoms with van der Waals surface area (Å²) in [5.41, 5.74) is 5.76. The number of halogens is 1. The zero-order chi connectivity index (χ0) is 21.4. The number of fused-ring (bicyclic) bond motifs is 1. The summed E-state index contributed by atoms with van der Waals surface area (Å²) in [5.74, 6) is 1.02. The number of carbonyl (C=O) groups excluding carboxylic acids is 1. The van der Waals surface area contributed by atoms with Crippen molar-refractivity contribution in [3.63, 3.8) is 0 Å². The summed E-state index contributed by atoms with van der Waals surface area (Å²) >= 11 is 6.07. The molecule has 3 aromatic rings. The van der Waals surface area contributed by atoms with Gasteiger partial charge < -0.3 is 15.4 Å². The van der Waals surface area contributed by atoms with Crippen LogP contribution in [0.5, 0.6) is 5.75 Å². The molecule has 0 unspecified atom stereocenters. The molecule has 0 bridgehead atoms. The highest BCUT2D eigenvalue weighted by Crippen LogP contribution is 2.45. The van der Waals surface area contributed by atoms with E-state index in [-0.39, 0.29) is 17.7 Å². The molecule has 1 aliphatic heterocycles. The maximum atomic E-state index is 13.6. The number of hydrogen-bond donors (Lipinski definition) is 2. The van der Waals surface area contributed by atoms with E-state index < -0.39 is 0 Å². The van der Waals surface area contributed by atoms with Crippen LogP contribution in [0.1, 0.15) is 35.9 Å². The number of allylic oxidation sites excluding steroid dienone is 1. The number of hydrogen-bond acceptors (Lipinski definition) is 4. The van der Waals surface area contributed by atoms with Gasteiger partial charge in [0.1, 0.15) is 5.75 Å². The minimum absolute atomic E-state index is 0.111. The van der Waals surface area contributed by atoms with E-state index in [1.165, 1.54) is 0 Å². The Morgan fingerprint density at radius 2 is 1.61 bits per heavy atom. The first-order valence-electron chi connectivity index (χ1n) is 10.4. The second-order valence-corrected chi connectivity index (χ2v) is 8.40. The smallest absolute Gasteiger partial charge is 0.163 e. The Morgan fingerprint density at radius 1 is 0.903 bits per heavy atom. The van der Waals surface area contributed by atoms with Crippen molar-refractivity contribution in [1.29, 1.82) is 0 Å². The molecule has 0 spiro atoms. The average Bonchev–Trinajstić information content (AvgIpc) is 2.96. The maximum Gasteiger partial charge on any atom is 0.163 e. The molecule has 2 N–H and O–H groups in total. The van der Waals surface area contributed by atoms with Crippen molar-refractivity contribution in [1.82, 2.24) is 0 Å². The van der Waals surface area contributed by atoms with E-state index in [0.717, 1.165) is 45.9 Å². The van der Waals surface area contributed by atoms with Crippen molar-refractivity contribution in [3.8, 4) is 5.75 Å². The Morgan fingerprint density at radius 3 is 2.39 bits per heavy atom. The fraction of sp³-hybridized carbons (Fsp3) is 0.192. The Balaban J connectivity index is 1.62. The van der Waals surface area contributed by atoms with Gasteiger partial charge in [-0.15, -0.1) is 0 Å². The standard InChI is InChI=1S/C26H23ClN2O2/c1-31-24-9-5-2-6-19(24)26-25-22(28-20-7-3-4-8-21(20)29-26)14-17(15-23(25)30)16-10-12-18(27)13-11-16/h2-13,17,26,28-29H,14-15H2,1H3/t17-,26-/m0/s1. The third-order valence-corrected chi connectivity index (χ3v) is 6.35. The zero-order valence-corrected chi connectivity index (χ0v) is 17.9. The van der Waals surface area contributed by atoms with Crippen LogP contribution in [0.25, 0.3) is 0 Å². The van der Waals surface area contributed by atoms with Gasteiger partial charge in [-0.25, -0.2) is 0 Å². The van der Waals surface area contributed by atoms with Gasteiger partial charge in [0.05, 0.1) is 24.5 Å². The van der Waals surface area contributed by atoms with Gasteiger partial charge in [0.25, 0.3) is 0 Å². The Hall–Kier alpha value is -3.24. The predicted molar refractivity (Wildman–Crippen MR) is 125 cm³/mol. The first kappa shape index (κ1) is 19.7. The van der Waals surface area contributed by atoms with Crippen molar-refractivity contribution < 1.29 is 9.53 Å². The van der Waals surface area contributed by atoms with E-state index in [9.17, 15) is 4.79 Å². The SMILES string of the molecule is COc1ccccc1[C@@H]1Nc2ccccc2NC2=C1C(=O)C[C@@H](c1ccc(Cl)cc1)C2. The number of benzene rings is 3. The summed E-state index contributed by atoms with van der Waals surface area (Å²) in [6.07, 6.45) is 1.22. The number of rotatable bonds is 3. The van der Waals surface area contributed by atoms with E-state index in [1.807, 2.05) is 72.8 Å². The molecule has 5 rings (SSSR count). The third kappa shape index (κ3) is 3.68. The molecule has 0 radical (unpaired) electrons. The van der Waals surface area contributed by atoms with Crippen molar-refractivity contribution in [2.24, 2.45) is 0 Å². The summed E-state index contributed by atoms with van der Waals surface area (Å²) in [5, 5.41) is 7.87. The lowest BCUT2D eigenvalue weighted by molar-refractivity contribution is -0.116. The molecule has 5 heteroatoms. The highest BCUT2D eigenvalue weighted by Gasteiger charge is 2.36. The van der Waals surface area contributed by atoms with Crippen molar-refractivity contribution in [3.05, 3.63) is 100 Å². The lowest BCUT2D eigenvalue weighted by Crippen LogP contribution is -2.27. The van der Waals surface area contributed by atoms with Crippen LogP contribution in [0.2, 0.25) is 5.02 Å². The van der Waals surface area contributed by atoms with Gasteiger partial charge in [-0.3, -0.25) is 4.79 Å². The van der Waals surface area contributed by atoms with E-state index in [0.29, 0.717) is 11.4 Å². The molecule has 2 aliphatic rings. The van der Waals surface area contributed by atoms with Gasteiger partial charge in [0, 0.05) is 28.3 Å². The fourth-order valence-electron chi connectivity index (χ4n) is 4.60. The summed E-state index contributed by atoms with van der Waals surface area (Å²) < 4.78 is 5.64. The number of carbonyl (C=O) groups is 1. The lowest BCUT2D eigenvalue weighted by Gasteiger charge is -2.30. The number of nitrogens with one attached hydrogen (secondary N) is 2. The molecule has 0 saturated heterocycles. The van der Waals surface area contributed by atoms with E-state index >= 15 is 0 Å². The number of ether oxygens (including phenoxy) is 1. The Kier molecular flexibility index (Phi) is 5.16. The summed E-state index contributed by atoms with van der Waals surface area (Å²) in [6, 6.07) is 23.5. The summed E-state index contributed by atoms with van der Waals surface area (Å²) in [6.45, 7) is 0. The Bertz CT molecular complexity index is 1170. The number of para-hydroxylation sites is 3. The molecule has 1 aliphatic carbocycles. The number of methoxy groups -OCH3 is 1. The zero-order valence-electron chi connectivity index (χ0n) is 17.2. The largest absolute Gasteiger partial charge is 0.496 e. The molecule has 0 aromatic heterocycles. The highest BCUT2D eigenvalue weighted by molar-refractivity contribution is 6.30. The molecular weight excluding hydrogens is 408 g/mol. The predicted octanol–water partition coefficient (Wildman–Crippen LogP) is 6.33. The number of anilines is 2. The first-order chi connectivity index (χ1) is 15.1. The van der Waals surface area contributed by atoms with Crippen molar-refractivity contribution >= 4 is 28.8 Å². The van der Waals surface area contributed by atoms with Gasteiger partial charge in [0.15, 0.2) is 5.78 Å². The topological polar surface area (TPSA) is 50.4 Å². The molecule has 156 valence electrons. The van der Waals surface area contributed by atoms with E-state index in [2.05, 4.69) is 10.6 Å². The van der Waals surface area contributed by atoms with Gasteiger partial charge in [-0.2, -0.15) is 0 Å². The maximum absolute atomic E-state index is 13.6. The highest BCUT2D eigenvalue weighted by atomic mass is 35.5. The quantitative estimate of drug-likeness (QED) is 0.509. The minimum Gasteiger partial charge on any atom is -0.496 e. The monoisotopic (exact) mass is 430 g/mol. The number of Topliss-reactive ketones (excluding diaryl/α,β-unsaturated/α-hetero) is 1. The normalized spacial score (nSPS) is 20.1. The van der Waals surface area contributed by atoms with Gasteiger partial charge in [-0.05, 0) is 48.2 Å². The average molecular weight is 431 g/mol. The Labute approximate surface area is 186 Å². The lowest BCUT2D eigenvalue weighted by atomic mass is 9.78. The van der Waals surface area contributed by atoms with Crippen LogP contribution in [0, 0.1) is 0 Å². The summed E-state index contributed by atoms with van der Waals surface area (Å²) in [7, 11) is 1.66. The second-order valence-electron chi connectivity index (χ2n) is 7.96.